The van der Waals surface area contributed by atoms with Crippen molar-refractivity contribution in [3.63, 3.8) is 0 Å². The molecular formula is C13H18O8. The van der Waals surface area contributed by atoms with E-state index in [0.717, 1.165) is 0 Å². The van der Waals surface area contributed by atoms with Crippen molar-refractivity contribution in [1.82, 2.24) is 0 Å². The van der Waals surface area contributed by atoms with E-state index in [-0.39, 0.29) is 62.5 Å². The summed E-state index contributed by atoms with van der Waals surface area (Å²) in [7, 11) is 0. The average Bonchev–Trinajstić information content (AvgIpc) is 2.48. The van der Waals surface area contributed by atoms with E-state index in [1.165, 1.54) is 12.1 Å². The molecule has 0 spiro atoms. The van der Waals surface area contributed by atoms with Crippen molar-refractivity contribution in [2.75, 3.05) is 39.6 Å². The highest BCUT2D eigenvalue weighted by Gasteiger charge is 2.18. The van der Waals surface area contributed by atoms with Crippen LogP contribution in [0.4, 0.5) is 0 Å². The van der Waals surface area contributed by atoms with Crippen molar-refractivity contribution < 1.29 is 39.4 Å². The number of hydrogen-bond acceptors (Lipinski definition) is 7. The zero-order valence-corrected chi connectivity index (χ0v) is 11.3. The van der Waals surface area contributed by atoms with Crippen LogP contribution in [0.2, 0.25) is 0 Å². The number of benzene rings is 1. The van der Waals surface area contributed by atoms with Crippen molar-refractivity contribution in [3.05, 3.63) is 17.7 Å². The molecule has 0 heterocycles. The van der Waals surface area contributed by atoms with Gasteiger partial charge in [0.05, 0.1) is 25.4 Å². The molecule has 0 amide bonds. The zero-order valence-electron chi connectivity index (χ0n) is 11.3. The van der Waals surface area contributed by atoms with E-state index in [1.807, 2.05) is 0 Å². The van der Waals surface area contributed by atoms with Gasteiger partial charge in [0, 0.05) is 0 Å². The molecule has 0 radical (unpaired) electrons. The van der Waals surface area contributed by atoms with Crippen LogP contribution < -0.4 is 14.2 Å². The van der Waals surface area contributed by atoms with E-state index in [9.17, 15) is 4.79 Å². The first kappa shape index (κ1) is 17.0. The molecule has 1 aromatic carbocycles. The Morgan fingerprint density at radius 1 is 0.857 bits per heavy atom. The highest BCUT2D eigenvalue weighted by atomic mass is 16.5. The zero-order chi connectivity index (χ0) is 15.7. The first-order valence-electron chi connectivity index (χ1n) is 6.26. The Bertz CT molecular complexity index is 430. The van der Waals surface area contributed by atoms with E-state index in [4.69, 9.17) is 34.6 Å². The van der Waals surface area contributed by atoms with Crippen molar-refractivity contribution >= 4 is 5.97 Å². The molecule has 0 saturated heterocycles. The van der Waals surface area contributed by atoms with E-state index in [1.54, 1.807) is 0 Å². The molecule has 8 heteroatoms. The van der Waals surface area contributed by atoms with Crippen LogP contribution in [0.5, 0.6) is 17.2 Å². The van der Waals surface area contributed by atoms with E-state index < -0.39 is 5.97 Å². The Balaban J connectivity index is 3.18. The highest BCUT2D eigenvalue weighted by Crippen LogP contribution is 2.39. The molecule has 0 aliphatic heterocycles. The van der Waals surface area contributed by atoms with Gasteiger partial charge >= 0.3 is 5.97 Å². The molecule has 0 aliphatic rings. The van der Waals surface area contributed by atoms with Crippen molar-refractivity contribution in [2.45, 2.75) is 0 Å². The molecular weight excluding hydrogens is 284 g/mol. The Labute approximate surface area is 121 Å². The predicted octanol–water partition coefficient (Wildman–Crippen LogP) is -0.502. The van der Waals surface area contributed by atoms with E-state index in [0.29, 0.717) is 0 Å². The second-order valence-electron chi connectivity index (χ2n) is 3.82. The minimum atomic E-state index is -1.19. The lowest BCUT2D eigenvalue weighted by Gasteiger charge is -2.17. The van der Waals surface area contributed by atoms with Crippen LogP contribution in [-0.2, 0) is 0 Å². The first-order valence-corrected chi connectivity index (χ1v) is 6.26. The lowest BCUT2D eigenvalue weighted by atomic mass is 10.2. The molecule has 0 aliphatic carbocycles. The Hall–Kier alpha value is -2.03. The van der Waals surface area contributed by atoms with Gasteiger partial charge in [-0.15, -0.1) is 0 Å². The van der Waals surface area contributed by atoms with Crippen LogP contribution in [0.15, 0.2) is 12.1 Å². The predicted molar refractivity (Wildman–Crippen MR) is 71.1 cm³/mol. The maximum atomic E-state index is 11.1. The average molecular weight is 302 g/mol. The van der Waals surface area contributed by atoms with Crippen LogP contribution in [0.25, 0.3) is 0 Å². The summed E-state index contributed by atoms with van der Waals surface area (Å²) < 4.78 is 15.8. The number of rotatable bonds is 10. The fraction of sp³-hybridized carbons (Fsp3) is 0.462. The minimum absolute atomic E-state index is 0.0443. The van der Waals surface area contributed by atoms with Crippen LogP contribution in [0, 0.1) is 0 Å². The number of carboxylic acids is 1. The first-order chi connectivity index (χ1) is 10.1. The number of ether oxygens (including phenoxy) is 3. The van der Waals surface area contributed by atoms with Gasteiger partial charge in [-0.1, -0.05) is 0 Å². The van der Waals surface area contributed by atoms with Gasteiger partial charge in [-0.05, 0) is 12.1 Å². The Morgan fingerprint density at radius 2 is 1.29 bits per heavy atom. The largest absolute Gasteiger partial charge is 0.487 e. The second-order valence-corrected chi connectivity index (χ2v) is 3.82. The molecule has 0 aromatic heterocycles. The van der Waals surface area contributed by atoms with Gasteiger partial charge in [0.15, 0.2) is 11.5 Å². The van der Waals surface area contributed by atoms with E-state index in [2.05, 4.69) is 0 Å². The molecule has 8 nitrogen and oxygen atoms in total. The van der Waals surface area contributed by atoms with Gasteiger partial charge in [-0.2, -0.15) is 0 Å². The number of aliphatic hydroxyl groups excluding tert-OH is 3. The third kappa shape index (κ3) is 5.10. The third-order valence-electron chi connectivity index (χ3n) is 2.30. The maximum Gasteiger partial charge on any atom is 0.335 e. The summed E-state index contributed by atoms with van der Waals surface area (Å²) in [6.07, 6.45) is 0. The topological polar surface area (TPSA) is 126 Å². The van der Waals surface area contributed by atoms with Crippen molar-refractivity contribution in [2.24, 2.45) is 0 Å². The molecule has 1 rings (SSSR count). The molecule has 4 N–H and O–H groups in total. The van der Waals surface area contributed by atoms with Crippen molar-refractivity contribution in [1.29, 1.82) is 0 Å². The summed E-state index contributed by atoms with van der Waals surface area (Å²) in [5.41, 5.74) is -0.0905. The van der Waals surface area contributed by atoms with Gasteiger partial charge in [-0.3, -0.25) is 0 Å². The number of aliphatic hydroxyl groups is 3. The third-order valence-corrected chi connectivity index (χ3v) is 2.30. The van der Waals surface area contributed by atoms with Gasteiger partial charge in [0.1, 0.15) is 19.8 Å². The molecule has 0 fully saturated rings. The van der Waals surface area contributed by atoms with Gasteiger partial charge < -0.3 is 34.6 Å². The van der Waals surface area contributed by atoms with Crippen LogP contribution in [-0.4, -0.2) is 66.0 Å². The Morgan fingerprint density at radius 3 is 1.67 bits per heavy atom. The molecule has 0 saturated carbocycles. The minimum Gasteiger partial charge on any atom is -0.487 e. The lowest BCUT2D eigenvalue weighted by molar-refractivity contribution is 0.0695. The standard InChI is InChI=1S/C13H18O8/c14-1-4-19-10-7-9(13(17)18)8-11(20-5-2-15)12(10)21-6-3-16/h7-8,14-16H,1-6H2,(H,17,18). The summed E-state index contributed by atoms with van der Waals surface area (Å²) in [4.78, 5) is 11.1. The van der Waals surface area contributed by atoms with Crippen LogP contribution in [0.3, 0.4) is 0 Å². The smallest absolute Gasteiger partial charge is 0.335 e. The Kier molecular flexibility index (Phi) is 7.30. The monoisotopic (exact) mass is 302 g/mol. The molecule has 0 unspecified atom stereocenters. The van der Waals surface area contributed by atoms with E-state index >= 15 is 0 Å². The number of carboxylic acid groups (broad SMARTS) is 1. The summed E-state index contributed by atoms with van der Waals surface area (Å²) in [5, 5.41) is 35.5. The van der Waals surface area contributed by atoms with Crippen LogP contribution >= 0.6 is 0 Å². The summed E-state index contributed by atoms with van der Waals surface area (Å²) in [5.74, 6) is -0.932. The summed E-state index contributed by atoms with van der Waals surface area (Å²) in [6, 6.07) is 2.47. The van der Waals surface area contributed by atoms with Gasteiger partial charge in [0.25, 0.3) is 0 Å². The molecule has 21 heavy (non-hydrogen) atoms. The highest BCUT2D eigenvalue weighted by molar-refractivity contribution is 5.89. The maximum absolute atomic E-state index is 11.1. The lowest BCUT2D eigenvalue weighted by Crippen LogP contribution is -2.11. The normalized spacial score (nSPS) is 10.2. The SMILES string of the molecule is O=C(O)c1cc(OCCO)c(OCCO)c(OCCO)c1. The number of aromatic carboxylic acids is 1. The summed E-state index contributed by atoms with van der Waals surface area (Å²) >= 11 is 0. The molecule has 118 valence electrons. The molecule has 0 atom stereocenters. The fourth-order valence-electron chi connectivity index (χ4n) is 1.52. The molecule has 0 bridgehead atoms. The number of hydrogen-bond donors (Lipinski definition) is 4. The van der Waals surface area contributed by atoms with Crippen molar-refractivity contribution in [3.8, 4) is 17.2 Å². The van der Waals surface area contributed by atoms with Crippen LogP contribution in [0.1, 0.15) is 10.4 Å². The summed E-state index contributed by atoms with van der Waals surface area (Å²) in [6.45, 7) is -0.930. The van der Waals surface area contributed by atoms with Gasteiger partial charge in [0.2, 0.25) is 5.75 Å². The van der Waals surface area contributed by atoms with Gasteiger partial charge in [-0.25, -0.2) is 4.79 Å². The fourth-order valence-corrected chi connectivity index (χ4v) is 1.52. The quantitative estimate of drug-likeness (QED) is 0.456. The number of carbonyl (C=O) groups is 1. The molecule has 1 aromatic rings. The second kappa shape index (κ2) is 9.01.